The zero-order valence-electron chi connectivity index (χ0n) is 14.9. The highest BCUT2D eigenvalue weighted by atomic mass is 16.5. The number of rotatable bonds is 3. The number of benzene rings is 2. The maximum atomic E-state index is 13.3. The molecule has 6 nitrogen and oxygen atoms in total. The number of phenols is 3. The molecule has 0 radical (unpaired) electrons. The van der Waals surface area contributed by atoms with Crippen molar-refractivity contribution in [3.05, 3.63) is 46.1 Å². The Morgan fingerprint density at radius 3 is 2.44 bits per heavy atom. The van der Waals surface area contributed by atoms with E-state index < -0.39 is 0 Å². The quantitative estimate of drug-likeness (QED) is 0.639. The third-order valence-electron chi connectivity index (χ3n) is 5.20. The van der Waals surface area contributed by atoms with Crippen LogP contribution in [-0.2, 0) is 0 Å². The highest BCUT2D eigenvalue weighted by molar-refractivity contribution is 5.87. The molecule has 1 aliphatic carbocycles. The maximum Gasteiger partial charge on any atom is 0.200 e. The van der Waals surface area contributed by atoms with Crippen LogP contribution in [0.3, 0.4) is 0 Å². The van der Waals surface area contributed by atoms with Crippen molar-refractivity contribution in [3.63, 3.8) is 0 Å². The van der Waals surface area contributed by atoms with E-state index in [1.165, 1.54) is 19.2 Å². The van der Waals surface area contributed by atoms with E-state index in [0.717, 1.165) is 31.7 Å². The van der Waals surface area contributed by atoms with Crippen LogP contribution < -0.4 is 10.2 Å². The first-order valence-corrected chi connectivity index (χ1v) is 8.89. The molecular formula is C21H20O6. The Kier molecular flexibility index (Phi) is 4.18. The molecule has 0 unspecified atom stereocenters. The van der Waals surface area contributed by atoms with Crippen molar-refractivity contribution in [3.8, 4) is 34.3 Å². The SMILES string of the molecule is COc1ccc(-c2oc3cc(O)cc(O)c3c(=O)c2C2CCCC2)cc1O. The molecule has 0 saturated heterocycles. The van der Waals surface area contributed by atoms with E-state index in [1.807, 2.05) is 0 Å². The summed E-state index contributed by atoms with van der Waals surface area (Å²) in [5.41, 5.74) is 0.845. The molecule has 1 fully saturated rings. The molecule has 0 amide bonds. The fraction of sp³-hybridized carbons (Fsp3) is 0.286. The van der Waals surface area contributed by atoms with Crippen LogP contribution in [0.25, 0.3) is 22.3 Å². The van der Waals surface area contributed by atoms with Crippen molar-refractivity contribution in [1.82, 2.24) is 0 Å². The van der Waals surface area contributed by atoms with Gasteiger partial charge in [-0.3, -0.25) is 4.79 Å². The summed E-state index contributed by atoms with van der Waals surface area (Å²) < 4.78 is 11.1. The molecule has 0 spiro atoms. The Bertz CT molecular complexity index is 1080. The molecule has 4 rings (SSSR count). The zero-order valence-corrected chi connectivity index (χ0v) is 14.9. The highest BCUT2D eigenvalue weighted by Gasteiger charge is 2.28. The van der Waals surface area contributed by atoms with Crippen LogP contribution in [0.2, 0.25) is 0 Å². The first-order valence-electron chi connectivity index (χ1n) is 8.89. The van der Waals surface area contributed by atoms with Gasteiger partial charge in [0.15, 0.2) is 11.5 Å². The van der Waals surface area contributed by atoms with Gasteiger partial charge in [-0.1, -0.05) is 12.8 Å². The van der Waals surface area contributed by atoms with Gasteiger partial charge >= 0.3 is 0 Å². The molecule has 1 aromatic heterocycles. The second-order valence-corrected chi connectivity index (χ2v) is 6.88. The molecular weight excluding hydrogens is 348 g/mol. The molecule has 1 saturated carbocycles. The Morgan fingerprint density at radius 2 is 1.78 bits per heavy atom. The van der Waals surface area contributed by atoms with Crippen molar-refractivity contribution < 1.29 is 24.5 Å². The van der Waals surface area contributed by atoms with Gasteiger partial charge in [-0.25, -0.2) is 0 Å². The molecule has 1 heterocycles. The van der Waals surface area contributed by atoms with Crippen LogP contribution in [0, 0.1) is 0 Å². The molecule has 6 heteroatoms. The van der Waals surface area contributed by atoms with Gasteiger partial charge in [0.1, 0.15) is 28.2 Å². The van der Waals surface area contributed by atoms with Crippen LogP contribution >= 0.6 is 0 Å². The lowest BCUT2D eigenvalue weighted by Gasteiger charge is -2.16. The van der Waals surface area contributed by atoms with Gasteiger partial charge in [0.2, 0.25) is 5.43 Å². The van der Waals surface area contributed by atoms with E-state index in [0.29, 0.717) is 22.6 Å². The zero-order chi connectivity index (χ0) is 19.1. The van der Waals surface area contributed by atoms with Crippen LogP contribution in [-0.4, -0.2) is 22.4 Å². The second kappa shape index (κ2) is 6.54. The normalized spacial score (nSPS) is 14.7. The number of ether oxygens (including phenoxy) is 1. The summed E-state index contributed by atoms with van der Waals surface area (Å²) in [6, 6.07) is 7.25. The minimum absolute atomic E-state index is 0.0260. The molecule has 0 aliphatic heterocycles. The molecule has 2 aromatic carbocycles. The minimum Gasteiger partial charge on any atom is -0.508 e. The molecule has 140 valence electrons. The third-order valence-corrected chi connectivity index (χ3v) is 5.20. The fourth-order valence-corrected chi connectivity index (χ4v) is 3.93. The van der Waals surface area contributed by atoms with E-state index in [4.69, 9.17) is 9.15 Å². The fourth-order valence-electron chi connectivity index (χ4n) is 3.93. The van der Waals surface area contributed by atoms with Gasteiger partial charge in [-0.05, 0) is 37.0 Å². The topological polar surface area (TPSA) is 100 Å². The van der Waals surface area contributed by atoms with Crippen molar-refractivity contribution in [2.75, 3.05) is 7.11 Å². The van der Waals surface area contributed by atoms with Crippen LogP contribution in [0.1, 0.15) is 37.2 Å². The lowest BCUT2D eigenvalue weighted by atomic mass is 9.92. The van der Waals surface area contributed by atoms with Crippen molar-refractivity contribution in [2.24, 2.45) is 0 Å². The predicted molar refractivity (Wildman–Crippen MR) is 101 cm³/mol. The number of fused-ring (bicyclic) bond motifs is 1. The number of methoxy groups -OCH3 is 1. The Balaban J connectivity index is 2.04. The molecule has 3 N–H and O–H groups in total. The first-order chi connectivity index (χ1) is 13.0. The van der Waals surface area contributed by atoms with Gasteiger partial charge in [0, 0.05) is 23.3 Å². The van der Waals surface area contributed by atoms with E-state index >= 15 is 0 Å². The van der Waals surface area contributed by atoms with Crippen LogP contribution in [0.4, 0.5) is 0 Å². The van der Waals surface area contributed by atoms with E-state index in [1.54, 1.807) is 12.1 Å². The summed E-state index contributed by atoms with van der Waals surface area (Å²) in [6.45, 7) is 0. The number of phenolic OH excluding ortho intramolecular Hbond substituents is 3. The molecule has 1 aliphatic rings. The summed E-state index contributed by atoms with van der Waals surface area (Å²) >= 11 is 0. The van der Waals surface area contributed by atoms with E-state index in [-0.39, 0.29) is 39.6 Å². The Morgan fingerprint density at radius 1 is 1.04 bits per heavy atom. The largest absolute Gasteiger partial charge is 0.508 e. The number of aromatic hydroxyl groups is 3. The van der Waals surface area contributed by atoms with Crippen molar-refractivity contribution in [2.45, 2.75) is 31.6 Å². The van der Waals surface area contributed by atoms with E-state index in [9.17, 15) is 20.1 Å². The third kappa shape index (κ3) is 2.87. The van der Waals surface area contributed by atoms with Gasteiger partial charge in [0.05, 0.1) is 7.11 Å². The summed E-state index contributed by atoms with van der Waals surface area (Å²) in [7, 11) is 1.46. The van der Waals surface area contributed by atoms with E-state index in [2.05, 4.69) is 0 Å². The van der Waals surface area contributed by atoms with Gasteiger partial charge in [-0.15, -0.1) is 0 Å². The van der Waals surface area contributed by atoms with Gasteiger partial charge in [-0.2, -0.15) is 0 Å². The molecule has 3 aromatic rings. The molecule has 27 heavy (non-hydrogen) atoms. The highest BCUT2D eigenvalue weighted by Crippen LogP contribution is 2.42. The smallest absolute Gasteiger partial charge is 0.200 e. The maximum absolute atomic E-state index is 13.3. The average Bonchev–Trinajstić information content (AvgIpc) is 3.14. The summed E-state index contributed by atoms with van der Waals surface area (Å²) in [6.07, 6.45) is 3.78. The summed E-state index contributed by atoms with van der Waals surface area (Å²) in [5, 5.41) is 30.2. The van der Waals surface area contributed by atoms with Gasteiger partial charge in [0.25, 0.3) is 0 Å². The van der Waals surface area contributed by atoms with Crippen molar-refractivity contribution in [1.29, 1.82) is 0 Å². The number of hydrogen-bond donors (Lipinski definition) is 3. The second-order valence-electron chi connectivity index (χ2n) is 6.88. The summed E-state index contributed by atoms with van der Waals surface area (Å²) in [5.74, 6) is 0.135. The van der Waals surface area contributed by atoms with Gasteiger partial charge < -0.3 is 24.5 Å². The minimum atomic E-state index is -0.304. The standard InChI is InChI=1S/C21H20O6/c1-26-16-7-6-12(8-14(16)23)21-18(11-4-2-3-5-11)20(25)19-15(24)9-13(22)10-17(19)27-21/h6-11,22-24H,2-5H2,1H3. The predicted octanol–water partition coefficient (Wildman–Crippen LogP) is 4.24. The monoisotopic (exact) mass is 368 g/mol. The molecule has 0 bridgehead atoms. The van der Waals surface area contributed by atoms with Crippen molar-refractivity contribution >= 4 is 11.0 Å². The van der Waals surface area contributed by atoms with Crippen LogP contribution in [0.15, 0.2) is 39.5 Å². The Labute approximate surface area is 155 Å². The first kappa shape index (κ1) is 17.3. The summed E-state index contributed by atoms with van der Waals surface area (Å²) in [4.78, 5) is 13.3. The lowest BCUT2D eigenvalue weighted by molar-refractivity contribution is 0.373. The van der Waals surface area contributed by atoms with Crippen LogP contribution in [0.5, 0.6) is 23.0 Å². The molecule has 0 atom stereocenters. The Hall–Kier alpha value is -3.15. The number of hydrogen-bond acceptors (Lipinski definition) is 6. The lowest BCUT2D eigenvalue weighted by Crippen LogP contribution is -2.14. The average molecular weight is 368 g/mol.